The van der Waals surface area contributed by atoms with Gasteiger partial charge in [-0.1, -0.05) is 5.16 Å². The van der Waals surface area contributed by atoms with Crippen molar-refractivity contribution >= 4 is 15.8 Å². The highest BCUT2D eigenvalue weighted by Crippen LogP contribution is 2.18. The lowest BCUT2D eigenvalue weighted by atomic mass is 10.2. The van der Waals surface area contributed by atoms with Gasteiger partial charge in [0, 0.05) is 25.4 Å². The van der Waals surface area contributed by atoms with Crippen molar-refractivity contribution in [2.24, 2.45) is 0 Å². The molecule has 0 unspecified atom stereocenters. The Hall–Kier alpha value is -1.93. The Labute approximate surface area is 117 Å². The zero-order valence-corrected chi connectivity index (χ0v) is 12.3. The monoisotopic (exact) mass is 296 g/mol. The lowest BCUT2D eigenvalue weighted by Gasteiger charge is -2.09. The van der Waals surface area contributed by atoms with E-state index in [1.54, 1.807) is 27.0 Å². The minimum Gasteiger partial charge on any atom is -0.372 e. The van der Waals surface area contributed by atoms with Crippen LogP contribution in [0.15, 0.2) is 27.7 Å². The van der Waals surface area contributed by atoms with E-state index in [1.807, 2.05) is 0 Å². The van der Waals surface area contributed by atoms with Crippen LogP contribution in [0.5, 0.6) is 0 Å². The van der Waals surface area contributed by atoms with E-state index in [9.17, 15) is 8.42 Å². The lowest BCUT2D eigenvalue weighted by Crippen LogP contribution is -2.24. The highest BCUT2D eigenvalue weighted by Gasteiger charge is 2.20. The molecule has 7 nitrogen and oxygen atoms in total. The third-order valence-electron chi connectivity index (χ3n) is 2.92. The Morgan fingerprint density at radius 1 is 1.35 bits per heavy atom. The van der Waals surface area contributed by atoms with Crippen molar-refractivity contribution in [2.45, 2.75) is 25.3 Å². The average Bonchev–Trinajstić information content (AvgIpc) is 2.76. The van der Waals surface area contributed by atoms with Crippen LogP contribution in [0.25, 0.3) is 0 Å². The first kappa shape index (κ1) is 14.5. The number of anilines is 1. The fourth-order valence-corrected chi connectivity index (χ4v) is 2.95. The molecule has 0 aromatic carbocycles. The van der Waals surface area contributed by atoms with Crippen molar-refractivity contribution in [2.75, 3.05) is 12.4 Å². The smallest absolute Gasteiger partial charge is 0.244 e. The van der Waals surface area contributed by atoms with Gasteiger partial charge in [0.25, 0.3) is 0 Å². The molecule has 2 aromatic rings. The molecule has 0 aliphatic rings. The summed E-state index contributed by atoms with van der Waals surface area (Å²) in [5, 5.41) is 6.55. The van der Waals surface area contributed by atoms with Crippen molar-refractivity contribution in [1.29, 1.82) is 0 Å². The second-order valence-electron chi connectivity index (χ2n) is 4.23. The Kier molecular flexibility index (Phi) is 4.05. The molecule has 2 aromatic heterocycles. The van der Waals surface area contributed by atoms with E-state index in [0.717, 1.165) is 5.56 Å². The molecular weight excluding hydrogens is 280 g/mol. The van der Waals surface area contributed by atoms with E-state index >= 15 is 0 Å². The van der Waals surface area contributed by atoms with Gasteiger partial charge >= 0.3 is 0 Å². The molecule has 0 atom stereocenters. The number of rotatable bonds is 5. The van der Waals surface area contributed by atoms with Crippen LogP contribution in [0, 0.1) is 13.8 Å². The standard InChI is InChI=1S/C12H16N4O3S/c1-8-10(9(2)19-16-8)7-15-20(17,18)11-5-4-6-14-12(11)13-3/h4-6,15H,7H2,1-3H3,(H,13,14). The van der Waals surface area contributed by atoms with Crippen LogP contribution < -0.4 is 10.0 Å². The fraction of sp³-hybridized carbons (Fsp3) is 0.333. The van der Waals surface area contributed by atoms with Crippen molar-refractivity contribution < 1.29 is 12.9 Å². The summed E-state index contributed by atoms with van der Waals surface area (Å²) in [5.41, 5.74) is 1.41. The second kappa shape index (κ2) is 5.59. The topological polar surface area (TPSA) is 97.1 Å². The minimum atomic E-state index is -3.66. The number of sulfonamides is 1. The molecule has 108 valence electrons. The molecule has 0 spiro atoms. The van der Waals surface area contributed by atoms with Crippen LogP contribution in [-0.4, -0.2) is 25.6 Å². The maximum Gasteiger partial charge on any atom is 0.244 e. The van der Waals surface area contributed by atoms with E-state index in [4.69, 9.17) is 4.52 Å². The van der Waals surface area contributed by atoms with Crippen LogP contribution in [0.2, 0.25) is 0 Å². The average molecular weight is 296 g/mol. The van der Waals surface area contributed by atoms with E-state index < -0.39 is 10.0 Å². The predicted molar refractivity (Wildman–Crippen MR) is 73.8 cm³/mol. The summed E-state index contributed by atoms with van der Waals surface area (Å²) in [5.74, 6) is 0.906. The molecule has 2 heterocycles. The van der Waals surface area contributed by atoms with E-state index in [0.29, 0.717) is 17.3 Å². The molecular formula is C12H16N4O3S. The molecule has 2 rings (SSSR count). The van der Waals surface area contributed by atoms with E-state index in [2.05, 4.69) is 20.2 Å². The largest absolute Gasteiger partial charge is 0.372 e. The van der Waals surface area contributed by atoms with Gasteiger partial charge in [0.05, 0.1) is 5.69 Å². The van der Waals surface area contributed by atoms with E-state index in [1.165, 1.54) is 12.3 Å². The first-order chi connectivity index (χ1) is 9.45. The lowest BCUT2D eigenvalue weighted by molar-refractivity contribution is 0.392. The number of nitrogens with zero attached hydrogens (tertiary/aromatic N) is 2. The molecule has 8 heteroatoms. The predicted octanol–water partition coefficient (Wildman–Crippen LogP) is 1.21. The van der Waals surface area contributed by atoms with Gasteiger partial charge < -0.3 is 9.84 Å². The summed E-state index contributed by atoms with van der Waals surface area (Å²) in [6.45, 7) is 3.64. The number of aromatic nitrogens is 2. The summed E-state index contributed by atoms with van der Waals surface area (Å²) < 4.78 is 32.1. The number of aryl methyl sites for hydroxylation is 2. The highest BCUT2D eigenvalue weighted by molar-refractivity contribution is 7.89. The van der Waals surface area contributed by atoms with Gasteiger partial charge in [-0.15, -0.1) is 0 Å². The summed E-state index contributed by atoms with van der Waals surface area (Å²) in [6.07, 6.45) is 1.53. The Bertz CT molecular complexity index is 690. The molecule has 20 heavy (non-hydrogen) atoms. The summed E-state index contributed by atoms with van der Waals surface area (Å²) in [7, 11) is -2.04. The van der Waals surface area contributed by atoms with Gasteiger partial charge in [-0.25, -0.2) is 18.1 Å². The number of hydrogen-bond acceptors (Lipinski definition) is 6. The maximum absolute atomic E-state index is 12.3. The first-order valence-electron chi connectivity index (χ1n) is 6.00. The molecule has 0 aliphatic carbocycles. The highest BCUT2D eigenvalue weighted by atomic mass is 32.2. The normalized spacial score (nSPS) is 11.6. The van der Waals surface area contributed by atoms with Gasteiger partial charge in [0.2, 0.25) is 10.0 Å². The number of pyridine rings is 1. The van der Waals surface area contributed by atoms with Crippen molar-refractivity contribution in [3.8, 4) is 0 Å². The van der Waals surface area contributed by atoms with Gasteiger partial charge in [-0.3, -0.25) is 0 Å². The molecule has 0 fully saturated rings. The zero-order chi connectivity index (χ0) is 14.8. The third kappa shape index (κ3) is 2.81. The Morgan fingerprint density at radius 2 is 2.10 bits per heavy atom. The Morgan fingerprint density at radius 3 is 2.70 bits per heavy atom. The molecule has 0 aliphatic heterocycles. The molecule has 2 N–H and O–H groups in total. The molecule has 0 amide bonds. The van der Waals surface area contributed by atoms with Gasteiger partial charge in [0.15, 0.2) is 0 Å². The fourth-order valence-electron chi connectivity index (χ4n) is 1.79. The second-order valence-corrected chi connectivity index (χ2v) is 5.96. The van der Waals surface area contributed by atoms with Crippen LogP contribution in [0.1, 0.15) is 17.0 Å². The molecule has 0 saturated carbocycles. The third-order valence-corrected chi connectivity index (χ3v) is 4.35. The van der Waals surface area contributed by atoms with Crippen LogP contribution in [0.4, 0.5) is 5.82 Å². The maximum atomic E-state index is 12.3. The van der Waals surface area contributed by atoms with Crippen molar-refractivity contribution in [1.82, 2.24) is 14.9 Å². The SMILES string of the molecule is CNc1ncccc1S(=O)(=O)NCc1c(C)noc1C. The quantitative estimate of drug-likeness (QED) is 0.860. The van der Waals surface area contributed by atoms with Crippen molar-refractivity contribution in [3.63, 3.8) is 0 Å². The van der Waals surface area contributed by atoms with Crippen molar-refractivity contribution in [3.05, 3.63) is 35.3 Å². The van der Waals surface area contributed by atoms with Crippen LogP contribution in [0.3, 0.4) is 0 Å². The summed E-state index contributed by atoms with van der Waals surface area (Å²) in [4.78, 5) is 4.09. The van der Waals surface area contributed by atoms with Gasteiger partial charge in [0.1, 0.15) is 16.5 Å². The first-order valence-corrected chi connectivity index (χ1v) is 7.48. The Balaban J connectivity index is 2.24. The minimum absolute atomic E-state index is 0.106. The van der Waals surface area contributed by atoms with E-state index in [-0.39, 0.29) is 11.4 Å². The van der Waals surface area contributed by atoms with Crippen LogP contribution in [-0.2, 0) is 16.6 Å². The number of nitrogens with one attached hydrogen (secondary N) is 2. The molecule has 0 bridgehead atoms. The molecule has 0 radical (unpaired) electrons. The summed E-state index contributed by atoms with van der Waals surface area (Å²) >= 11 is 0. The number of hydrogen-bond donors (Lipinski definition) is 2. The summed E-state index contributed by atoms with van der Waals surface area (Å²) in [6, 6.07) is 3.07. The zero-order valence-electron chi connectivity index (χ0n) is 11.5. The molecule has 0 saturated heterocycles. The van der Waals surface area contributed by atoms with Gasteiger partial charge in [-0.05, 0) is 26.0 Å². The van der Waals surface area contributed by atoms with Crippen LogP contribution >= 0.6 is 0 Å². The van der Waals surface area contributed by atoms with Gasteiger partial charge in [-0.2, -0.15) is 0 Å².